The number of hydrogen-bond acceptors (Lipinski definition) is 2. The predicted octanol–water partition coefficient (Wildman–Crippen LogP) is 1.85. The molecule has 0 N–H and O–H groups in total. The van der Waals surface area contributed by atoms with Crippen molar-refractivity contribution in [3.8, 4) is 18.1 Å². The molecule has 1 amide bonds. The first-order chi connectivity index (χ1) is 8.77. The van der Waals surface area contributed by atoms with Crippen molar-refractivity contribution in [2.45, 2.75) is 19.1 Å². The molecular weight excluding hydrogens is 226 g/mol. The van der Waals surface area contributed by atoms with Crippen molar-refractivity contribution in [1.29, 1.82) is 0 Å². The second-order valence-electron chi connectivity index (χ2n) is 4.04. The Bertz CT molecular complexity index is 487. The second-order valence-corrected chi connectivity index (χ2v) is 4.04. The van der Waals surface area contributed by atoms with E-state index in [1.165, 1.54) is 0 Å². The Kier molecular flexibility index (Phi) is 3.69. The molecule has 1 aliphatic heterocycles. The summed E-state index contributed by atoms with van der Waals surface area (Å²) in [6, 6.07) is 9.26. The normalized spacial score (nSPS) is 22.7. The Morgan fingerprint density at radius 2 is 2.17 bits per heavy atom. The number of rotatable bonds is 4. The Labute approximate surface area is 107 Å². The molecule has 2 rings (SSSR count). The molecule has 1 aromatic rings. The van der Waals surface area contributed by atoms with Gasteiger partial charge in [0, 0.05) is 0 Å². The summed E-state index contributed by atoms with van der Waals surface area (Å²) in [4.78, 5) is 13.5. The zero-order valence-electron chi connectivity index (χ0n) is 10.2. The molecule has 1 heterocycles. The second kappa shape index (κ2) is 5.42. The predicted molar refractivity (Wildman–Crippen MR) is 70.0 cm³/mol. The Morgan fingerprint density at radius 3 is 2.78 bits per heavy atom. The van der Waals surface area contributed by atoms with Crippen LogP contribution in [-0.4, -0.2) is 29.5 Å². The monoisotopic (exact) mass is 241 g/mol. The van der Waals surface area contributed by atoms with Crippen molar-refractivity contribution in [3.05, 3.63) is 42.5 Å². The van der Waals surface area contributed by atoms with Crippen LogP contribution < -0.4 is 4.74 Å². The number of nitrogens with zero attached hydrogens (tertiary/aromatic N) is 1. The van der Waals surface area contributed by atoms with Gasteiger partial charge in [-0.3, -0.25) is 4.79 Å². The van der Waals surface area contributed by atoms with Gasteiger partial charge in [-0.05, 0) is 19.1 Å². The molecule has 92 valence electrons. The maximum Gasteiger partial charge on any atom is 0.267 e. The molecule has 0 spiro atoms. The van der Waals surface area contributed by atoms with Gasteiger partial charge in [-0.25, -0.2) is 0 Å². The minimum absolute atomic E-state index is 0.0556. The third kappa shape index (κ3) is 2.23. The van der Waals surface area contributed by atoms with Crippen LogP contribution in [0.15, 0.2) is 42.5 Å². The molecule has 0 aliphatic carbocycles. The summed E-state index contributed by atoms with van der Waals surface area (Å²) in [7, 11) is 0. The molecule has 3 nitrogen and oxygen atoms in total. The van der Waals surface area contributed by atoms with Crippen LogP contribution in [0.2, 0.25) is 0 Å². The zero-order valence-corrected chi connectivity index (χ0v) is 10.2. The summed E-state index contributed by atoms with van der Waals surface area (Å²) >= 11 is 0. The Hall–Kier alpha value is -2.21. The van der Waals surface area contributed by atoms with Crippen molar-refractivity contribution in [2.75, 3.05) is 6.54 Å². The highest BCUT2D eigenvalue weighted by Crippen LogP contribution is 2.26. The lowest BCUT2D eigenvalue weighted by Crippen LogP contribution is -2.66. The number of hydrogen-bond donors (Lipinski definition) is 0. The molecule has 0 bridgehead atoms. The number of likely N-dealkylation sites (tertiary alicyclic amines) is 1. The van der Waals surface area contributed by atoms with Gasteiger partial charge in [-0.1, -0.05) is 36.3 Å². The molecule has 0 radical (unpaired) electrons. The maximum absolute atomic E-state index is 11.9. The fourth-order valence-electron chi connectivity index (χ4n) is 1.99. The molecule has 2 atom stereocenters. The van der Waals surface area contributed by atoms with Crippen LogP contribution in [0.25, 0.3) is 0 Å². The molecule has 18 heavy (non-hydrogen) atoms. The summed E-state index contributed by atoms with van der Waals surface area (Å²) in [6.07, 6.45) is 8.63. The molecular formula is C15H15NO2. The zero-order chi connectivity index (χ0) is 13.0. The molecule has 1 aliphatic rings. The number of amides is 1. The number of β-lactam (4-membered cyclic amide) rings is 1. The Morgan fingerprint density at radius 1 is 1.44 bits per heavy atom. The Balaban J connectivity index is 2.09. The quantitative estimate of drug-likeness (QED) is 0.457. The van der Waals surface area contributed by atoms with Gasteiger partial charge in [0.1, 0.15) is 5.75 Å². The highest BCUT2D eigenvalue weighted by molar-refractivity contribution is 5.89. The van der Waals surface area contributed by atoms with Crippen molar-refractivity contribution in [1.82, 2.24) is 4.90 Å². The minimum atomic E-state index is -0.461. The van der Waals surface area contributed by atoms with Gasteiger partial charge in [-0.15, -0.1) is 6.42 Å². The topological polar surface area (TPSA) is 29.5 Å². The van der Waals surface area contributed by atoms with Crippen molar-refractivity contribution >= 4 is 5.91 Å². The van der Waals surface area contributed by atoms with Crippen molar-refractivity contribution in [3.63, 3.8) is 0 Å². The molecule has 1 fully saturated rings. The maximum atomic E-state index is 11.9. The number of para-hydroxylation sites is 1. The third-order valence-electron chi connectivity index (χ3n) is 2.85. The average Bonchev–Trinajstić information content (AvgIpc) is 2.42. The van der Waals surface area contributed by atoms with Gasteiger partial charge in [0.25, 0.3) is 5.91 Å². The SMILES string of the molecule is C#CCN1C(=O)[C@H](Oc2ccccc2)[C@@H]1/C=C/C. The van der Waals surface area contributed by atoms with Gasteiger partial charge < -0.3 is 9.64 Å². The van der Waals surface area contributed by atoms with E-state index in [2.05, 4.69) is 5.92 Å². The molecule has 3 heteroatoms. The number of allylic oxidation sites excluding steroid dienone is 1. The molecule has 1 saturated heterocycles. The van der Waals surface area contributed by atoms with E-state index in [0.717, 1.165) is 0 Å². The van der Waals surface area contributed by atoms with Crippen LogP contribution in [0, 0.1) is 12.3 Å². The van der Waals surface area contributed by atoms with Gasteiger partial charge in [0.05, 0.1) is 12.6 Å². The molecule has 0 unspecified atom stereocenters. The van der Waals surface area contributed by atoms with E-state index in [-0.39, 0.29) is 11.9 Å². The summed E-state index contributed by atoms with van der Waals surface area (Å²) < 4.78 is 5.69. The van der Waals surface area contributed by atoms with Crippen molar-refractivity contribution < 1.29 is 9.53 Å². The molecule has 0 saturated carbocycles. The first kappa shape index (κ1) is 12.3. The lowest BCUT2D eigenvalue weighted by molar-refractivity contribution is -0.157. The lowest BCUT2D eigenvalue weighted by atomic mass is 9.97. The highest BCUT2D eigenvalue weighted by Gasteiger charge is 2.47. The van der Waals surface area contributed by atoms with Crippen molar-refractivity contribution in [2.24, 2.45) is 0 Å². The van der Waals surface area contributed by atoms with Gasteiger partial charge in [0.2, 0.25) is 6.10 Å². The van der Waals surface area contributed by atoms with Crippen LogP contribution in [0.1, 0.15) is 6.92 Å². The largest absolute Gasteiger partial charge is 0.478 e. The summed E-state index contributed by atoms with van der Waals surface area (Å²) in [5, 5.41) is 0. The van der Waals surface area contributed by atoms with E-state index < -0.39 is 6.10 Å². The average molecular weight is 241 g/mol. The van der Waals surface area contributed by atoms with E-state index in [4.69, 9.17) is 11.2 Å². The van der Waals surface area contributed by atoms with E-state index in [1.807, 2.05) is 49.4 Å². The van der Waals surface area contributed by atoms with Crippen LogP contribution >= 0.6 is 0 Å². The van der Waals surface area contributed by atoms with Crippen LogP contribution in [0.4, 0.5) is 0 Å². The first-order valence-electron chi connectivity index (χ1n) is 5.86. The smallest absolute Gasteiger partial charge is 0.267 e. The summed E-state index contributed by atoms with van der Waals surface area (Å²) in [5.74, 6) is 3.13. The van der Waals surface area contributed by atoms with Gasteiger partial charge in [-0.2, -0.15) is 0 Å². The van der Waals surface area contributed by atoms with Crippen LogP contribution in [-0.2, 0) is 4.79 Å². The molecule has 0 aromatic heterocycles. The third-order valence-corrected chi connectivity index (χ3v) is 2.85. The molecule has 1 aromatic carbocycles. The number of carbonyl (C=O) groups is 1. The number of benzene rings is 1. The van der Waals surface area contributed by atoms with E-state index in [9.17, 15) is 4.79 Å². The van der Waals surface area contributed by atoms with Crippen LogP contribution in [0.3, 0.4) is 0 Å². The van der Waals surface area contributed by atoms with E-state index in [1.54, 1.807) is 4.90 Å². The summed E-state index contributed by atoms with van der Waals surface area (Å²) in [6.45, 7) is 2.24. The minimum Gasteiger partial charge on any atom is -0.478 e. The fraction of sp³-hybridized carbons (Fsp3) is 0.267. The number of carbonyl (C=O) groups excluding carboxylic acids is 1. The van der Waals surface area contributed by atoms with E-state index >= 15 is 0 Å². The van der Waals surface area contributed by atoms with Gasteiger partial charge in [0.15, 0.2) is 0 Å². The highest BCUT2D eigenvalue weighted by atomic mass is 16.5. The van der Waals surface area contributed by atoms with Gasteiger partial charge >= 0.3 is 0 Å². The number of terminal acetylenes is 1. The van der Waals surface area contributed by atoms with E-state index in [0.29, 0.717) is 12.3 Å². The lowest BCUT2D eigenvalue weighted by Gasteiger charge is -2.44. The summed E-state index contributed by atoms with van der Waals surface area (Å²) in [5.41, 5.74) is 0. The standard InChI is InChI=1S/C15H15NO2/c1-3-8-13-14(15(17)16(13)11-4-2)18-12-9-6-5-7-10-12/h2-3,5-10,13-14H,11H2,1H3/b8-3+/t13-,14+/m0/s1. The first-order valence-corrected chi connectivity index (χ1v) is 5.86. The number of ether oxygens (including phenoxy) is 1. The van der Waals surface area contributed by atoms with Crippen LogP contribution in [0.5, 0.6) is 5.75 Å². The fourth-order valence-corrected chi connectivity index (χ4v) is 1.99.